The number of nitrogens with zero attached hydrogens (tertiary/aromatic N) is 1. The number of aliphatic hydroxyl groups is 1. The van der Waals surface area contributed by atoms with E-state index in [0.717, 1.165) is 30.8 Å². The molecule has 1 aliphatic rings. The first-order valence-corrected chi connectivity index (χ1v) is 7.86. The zero-order valence-electron chi connectivity index (χ0n) is 10.1. The molecule has 2 aromatic heterocycles. The van der Waals surface area contributed by atoms with Crippen molar-refractivity contribution in [3.05, 3.63) is 28.6 Å². The van der Waals surface area contributed by atoms with Gasteiger partial charge in [-0.15, -0.1) is 22.7 Å². The van der Waals surface area contributed by atoms with E-state index in [1.807, 2.05) is 12.3 Å². The molecule has 96 valence electrons. The minimum Gasteiger partial charge on any atom is -0.389 e. The first-order valence-electron chi connectivity index (χ1n) is 6.17. The Morgan fingerprint density at radius 3 is 3.00 bits per heavy atom. The lowest BCUT2D eigenvalue weighted by molar-refractivity contribution is -0.0314. The molecule has 2 aromatic rings. The summed E-state index contributed by atoms with van der Waals surface area (Å²) >= 11 is 3.44. The third kappa shape index (κ3) is 2.64. The summed E-state index contributed by atoms with van der Waals surface area (Å²) in [5, 5.41) is 16.5. The van der Waals surface area contributed by atoms with Crippen LogP contribution in [0.15, 0.2) is 23.7 Å². The molecule has 0 saturated heterocycles. The molecule has 0 aromatic carbocycles. The fourth-order valence-electron chi connectivity index (χ4n) is 2.08. The minimum atomic E-state index is -0.443. The molecular weight excluding hydrogens is 264 g/mol. The van der Waals surface area contributed by atoms with Crippen molar-refractivity contribution in [2.24, 2.45) is 0 Å². The van der Waals surface area contributed by atoms with Crippen molar-refractivity contribution in [2.75, 3.05) is 6.54 Å². The van der Waals surface area contributed by atoms with Gasteiger partial charge in [-0.05, 0) is 30.7 Å². The van der Waals surface area contributed by atoms with Crippen LogP contribution < -0.4 is 5.32 Å². The van der Waals surface area contributed by atoms with Gasteiger partial charge in [-0.1, -0.05) is 6.07 Å². The SMILES string of the molecule is OC1(CNCc2cnc(-c3cccs3)s2)CCC1. The Bertz CT molecular complexity index is 503. The Morgan fingerprint density at radius 1 is 1.44 bits per heavy atom. The molecule has 0 unspecified atom stereocenters. The van der Waals surface area contributed by atoms with Gasteiger partial charge < -0.3 is 10.4 Å². The molecule has 5 heteroatoms. The maximum atomic E-state index is 9.97. The van der Waals surface area contributed by atoms with Crippen molar-refractivity contribution < 1.29 is 5.11 Å². The van der Waals surface area contributed by atoms with Gasteiger partial charge >= 0.3 is 0 Å². The normalized spacial score (nSPS) is 17.6. The predicted octanol–water partition coefficient (Wildman–Crippen LogP) is 2.88. The van der Waals surface area contributed by atoms with Crippen molar-refractivity contribution in [3.8, 4) is 9.88 Å². The van der Waals surface area contributed by atoms with Gasteiger partial charge in [0.1, 0.15) is 5.01 Å². The molecule has 2 heterocycles. The maximum Gasteiger partial charge on any atom is 0.133 e. The van der Waals surface area contributed by atoms with Crippen molar-refractivity contribution >= 4 is 22.7 Å². The second kappa shape index (κ2) is 5.09. The standard InChI is InChI=1S/C13H16N2OS2/c16-13(4-2-5-13)9-14-7-10-8-15-12(18-10)11-3-1-6-17-11/h1,3,6,8,14,16H,2,4-5,7,9H2. The average Bonchev–Trinajstić information content (AvgIpc) is 2.96. The monoisotopic (exact) mass is 280 g/mol. The highest BCUT2D eigenvalue weighted by molar-refractivity contribution is 7.20. The zero-order chi connectivity index (χ0) is 12.4. The summed E-state index contributed by atoms with van der Waals surface area (Å²) in [6, 6.07) is 4.14. The molecule has 0 aliphatic heterocycles. The van der Waals surface area contributed by atoms with E-state index in [1.165, 1.54) is 9.75 Å². The van der Waals surface area contributed by atoms with Crippen LogP contribution in [0.5, 0.6) is 0 Å². The Labute approximate surface area is 115 Å². The van der Waals surface area contributed by atoms with E-state index in [0.29, 0.717) is 6.54 Å². The number of nitrogens with one attached hydrogen (secondary N) is 1. The van der Waals surface area contributed by atoms with Gasteiger partial charge in [0, 0.05) is 24.2 Å². The van der Waals surface area contributed by atoms with Crippen LogP contribution in [0.25, 0.3) is 9.88 Å². The molecule has 3 nitrogen and oxygen atoms in total. The third-order valence-corrected chi connectivity index (χ3v) is 5.36. The lowest BCUT2D eigenvalue weighted by Gasteiger charge is -2.36. The Morgan fingerprint density at radius 2 is 2.33 bits per heavy atom. The third-order valence-electron chi connectivity index (χ3n) is 3.32. The van der Waals surface area contributed by atoms with E-state index in [2.05, 4.69) is 21.7 Å². The highest BCUT2D eigenvalue weighted by atomic mass is 32.1. The zero-order valence-corrected chi connectivity index (χ0v) is 11.7. The van der Waals surface area contributed by atoms with Crippen LogP contribution in [-0.4, -0.2) is 22.2 Å². The molecule has 0 bridgehead atoms. The molecule has 1 aliphatic carbocycles. The van der Waals surface area contributed by atoms with Gasteiger partial charge in [0.05, 0.1) is 10.5 Å². The lowest BCUT2D eigenvalue weighted by Crippen LogP contribution is -2.45. The summed E-state index contributed by atoms with van der Waals surface area (Å²) in [5.41, 5.74) is -0.443. The highest BCUT2D eigenvalue weighted by Crippen LogP contribution is 2.31. The molecule has 1 saturated carbocycles. The van der Waals surface area contributed by atoms with Gasteiger partial charge in [-0.25, -0.2) is 4.98 Å². The predicted molar refractivity (Wildman–Crippen MR) is 75.9 cm³/mol. The number of thiophene rings is 1. The number of rotatable bonds is 5. The van der Waals surface area contributed by atoms with E-state index >= 15 is 0 Å². The number of hydrogen-bond donors (Lipinski definition) is 2. The van der Waals surface area contributed by atoms with Gasteiger partial charge in [0.15, 0.2) is 0 Å². The van der Waals surface area contributed by atoms with Crippen LogP contribution in [0.3, 0.4) is 0 Å². The van der Waals surface area contributed by atoms with Gasteiger partial charge in [-0.2, -0.15) is 0 Å². The van der Waals surface area contributed by atoms with Crippen LogP contribution in [0, 0.1) is 0 Å². The summed E-state index contributed by atoms with van der Waals surface area (Å²) in [6.07, 6.45) is 4.95. The van der Waals surface area contributed by atoms with E-state index < -0.39 is 5.60 Å². The van der Waals surface area contributed by atoms with Crippen LogP contribution in [0.1, 0.15) is 24.1 Å². The topological polar surface area (TPSA) is 45.1 Å². The summed E-state index contributed by atoms with van der Waals surface area (Å²) in [4.78, 5) is 6.88. The molecule has 0 amide bonds. The second-order valence-electron chi connectivity index (χ2n) is 4.79. The van der Waals surface area contributed by atoms with Gasteiger partial charge in [0.2, 0.25) is 0 Å². The maximum absolute atomic E-state index is 9.97. The quantitative estimate of drug-likeness (QED) is 0.885. The minimum absolute atomic E-state index is 0.443. The molecule has 18 heavy (non-hydrogen) atoms. The molecule has 0 radical (unpaired) electrons. The van der Waals surface area contributed by atoms with Crippen molar-refractivity contribution in [1.29, 1.82) is 0 Å². The summed E-state index contributed by atoms with van der Waals surface area (Å²) < 4.78 is 0. The smallest absolute Gasteiger partial charge is 0.133 e. The van der Waals surface area contributed by atoms with Crippen LogP contribution >= 0.6 is 22.7 Å². The first-order chi connectivity index (χ1) is 8.75. The molecular formula is C13H16N2OS2. The largest absolute Gasteiger partial charge is 0.389 e. The number of hydrogen-bond acceptors (Lipinski definition) is 5. The highest BCUT2D eigenvalue weighted by Gasteiger charge is 2.33. The molecule has 3 rings (SSSR count). The molecule has 1 fully saturated rings. The first kappa shape index (κ1) is 12.3. The second-order valence-corrected chi connectivity index (χ2v) is 6.85. The van der Waals surface area contributed by atoms with Crippen molar-refractivity contribution in [3.63, 3.8) is 0 Å². The van der Waals surface area contributed by atoms with Crippen LogP contribution in [0.4, 0.5) is 0 Å². The summed E-state index contributed by atoms with van der Waals surface area (Å²) in [5.74, 6) is 0. The van der Waals surface area contributed by atoms with Gasteiger partial charge in [0.25, 0.3) is 0 Å². The van der Waals surface area contributed by atoms with E-state index in [-0.39, 0.29) is 0 Å². The fraction of sp³-hybridized carbons (Fsp3) is 0.462. The Kier molecular flexibility index (Phi) is 3.48. The Hall–Kier alpha value is -0.750. The van der Waals surface area contributed by atoms with Crippen LogP contribution in [-0.2, 0) is 6.54 Å². The van der Waals surface area contributed by atoms with Crippen molar-refractivity contribution in [1.82, 2.24) is 10.3 Å². The number of aromatic nitrogens is 1. The summed E-state index contributed by atoms with van der Waals surface area (Å²) in [6.45, 7) is 1.49. The van der Waals surface area contributed by atoms with Crippen LogP contribution in [0.2, 0.25) is 0 Å². The van der Waals surface area contributed by atoms with E-state index in [9.17, 15) is 5.11 Å². The molecule has 0 atom stereocenters. The van der Waals surface area contributed by atoms with E-state index in [4.69, 9.17) is 0 Å². The van der Waals surface area contributed by atoms with Gasteiger partial charge in [-0.3, -0.25) is 0 Å². The summed E-state index contributed by atoms with van der Waals surface area (Å²) in [7, 11) is 0. The fourth-order valence-corrected chi connectivity index (χ4v) is 3.77. The average molecular weight is 280 g/mol. The Balaban J connectivity index is 1.54. The number of thiazole rings is 1. The molecule has 0 spiro atoms. The molecule has 2 N–H and O–H groups in total. The lowest BCUT2D eigenvalue weighted by atomic mass is 9.80. The van der Waals surface area contributed by atoms with E-state index in [1.54, 1.807) is 22.7 Å². The van der Waals surface area contributed by atoms with Crippen molar-refractivity contribution in [2.45, 2.75) is 31.4 Å².